The molecule has 0 bridgehead atoms. The molecule has 4 heterocycles. The maximum atomic E-state index is 12.8. The normalized spacial score (nSPS) is 19.8. The number of benzene rings is 1. The van der Waals surface area contributed by atoms with E-state index in [1.807, 2.05) is 13.0 Å². The second-order valence-corrected chi connectivity index (χ2v) is 9.63. The summed E-state index contributed by atoms with van der Waals surface area (Å²) >= 11 is 0. The number of anilines is 1. The minimum atomic E-state index is -0.0766. The van der Waals surface area contributed by atoms with Gasteiger partial charge in [-0.25, -0.2) is 4.98 Å². The molecule has 1 aromatic carbocycles. The molecule has 3 aromatic heterocycles. The summed E-state index contributed by atoms with van der Waals surface area (Å²) in [5.41, 5.74) is 6.21. The Morgan fingerprint density at radius 1 is 1.17 bits per heavy atom. The zero-order valence-electron chi connectivity index (χ0n) is 20.8. The lowest BCUT2D eigenvalue weighted by Crippen LogP contribution is -2.57. The van der Waals surface area contributed by atoms with Crippen molar-refractivity contribution in [2.75, 3.05) is 18.0 Å². The topological polar surface area (TPSA) is 95.9 Å². The van der Waals surface area contributed by atoms with Crippen LogP contribution in [0.2, 0.25) is 0 Å². The first-order chi connectivity index (χ1) is 16.8. The van der Waals surface area contributed by atoms with Crippen LogP contribution in [0, 0.1) is 18.3 Å². The molecule has 0 spiro atoms. The van der Waals surface area contributed by atoms with Crippen LogP contribution in [-0.2, 0) is 13.6 Å². The van der Waals surface area contributed by atoms with Crippen LogP contribution in [-0.4, -0.2) is 54.4 Å². The largest absolute Gasteiger partial charge is 0.364 e. The summed E-state index contributed by atoms with van der Waals surface area (Å²) in [5, 5.41) is 13.8. The fraction of sp³-hybridized carbons (Fsp3) is 0.423. The Hall–Kier alpha value is -3.77. The van der Waals surface area contributed by atoms with Crippen molar-refractivity contribution in [3.8, 4) is 6.07 Å². The summed E-state index contributed by atoms with van der Waals surface area (Å²) in [6.07, 6.45) is 3.58. The summed E-state index contributed by atoms with van der Waals surface area (Å²) in [5.74, 6) is 0. The monoisotopic (exact) mass is 470 g/mol. The van der Waals surface area contributed by atoms with E-state index in [-0.39, 0.29) is 30.2 Å². The van der Waals surface area contributed by atoms with E-state index in [0.29, 0.717) is 0 Å². The SMILES string of the molecule is Cc1cnc2ccc(C(C)N3C[C@@H](C)N(c4cc(=O)n(C)c5cn(CC#N)nc45)C[C@H]3C)cc2n1. The number of pyridine rings is 1. The van der Waals surface area contributed by atoms with Gasteiger partial charge in [-0.2, -0.15) is 10.4 Å². The highest BCUT2D eigenvalue weighted by Crippen LogP contribution is 2.33. The highest BCUT2D eigenvalue weighted by Gasteiger charge is 2.34. The average molecular weight is 471 g/mol. The number of hydrogen-bond donors (Lipinski definition) is 0. The molecule has 180 valence electrons. The van der Waals surface area contributed by atoms with Gasteiger partial charge in [0.2, 0.25) is 0 Å². The van der Waals surface area contributed by atoms with Crippen LogP contribution in [0.1, 0.15) is 38.1 Å². The number of nitriles is 1. The zero-order valence-corrected chi connectivity index (χ0v) is 20.8. The van der Waals surface area contributed by atoms with Crippen molar-refractivity contribution >= 4 is 27.8 Å². The maximum Gasteiger partial charge on any atom is 0.252 e. The van der Waals surface area contributed by atoms with E-state index in [1.165, 1.54) is 5.56 Å². The lowest BCUT2D eigenvalue weighted by molar-refractivity contribution is 0.119. The highest BCUT2D eigenvalue weighted by molar-refractivity contribution is 5.88. The van der Waals surface area contributed by atoms with Gasteiger partial charge in [-0.15, -0.1) is 0 Å². The third-order valence-electron chi connectivity index (χ3n) is 7.18. The Balaban J connectivity index is 1.45. The first-order valence-corrected chi connectivity index (χ1v) is 12.0. The molecular weight excluding hydrogens is 440 g/mol. The Kier molecular flexibility index (Phi) is 5.77. The fourth-order valence-electron chi connectivity index (χ4n) is 5.21. The van der Waals surface area contributed by atoms with Crippen LogP contribution in [0.15, 0.2) is 41.5 Å². The van der Waals surface area contributed by atoms with Gasteiger partial charge in [0.15, 0.2) is 0 Å². The molecule has 9 nitrogen and oxygen atoms in total. The minimum absolute atomic E-state index is 0.0766. The van der Waals surface area contributed by atoms with Crippen molar-refractivity contribution in [3.63, 3.8) is 0 Å². The van der Waals surface area contributed by atoms with Crippen molar-refractivity contribution in [1.29, 1.82) is 5.26 Å². The average Bonchev–Trinajstić information content (AvgIpc) is 3.26. The first kappa shape index (κ1) is 23.0. The number of aromatic nitrogens is 5. The van der Waals surface area contributed by atoms with Crippen LogP contribution in [0.5, 0.6) is 0 Å². The number of nitrogens with zero attached hydrogens (tertiary/aromatic N) is 8. The van der Waals surface area contributed by atoms with Gasteiger partial charge in [0.1, 0.15) is 12.1 Å². The Morgan fingerprint density at radius 3 is 2.74 bits per heavy atom. The molecule has 1 aliphatic rings. The Bertz CT molecular complexity index is 1510. The van der Waals surface area contributed by atoms with Gasteiger partial charge in [-0.1, -0.05) is 6.07 Å². The predicted molar refractivity (Wildman–Crippen MR) is 136 cm³/mol. The molecule has 1 aliphatic heterocycles. The van der Waals surface area contributed by atoms with Crippen LogP contribution in [0.3, 0.4) is 0 Å². The van der Waals surface area contributed by atoms with Crippen molar-refractivity contribution in [2.45, 2.75) is 52.4 Å². The molecule has 1 unspecified atom stereocenters. The summed E-state index contributed by atoms with van der Waals surface area (Å²) in [6.45, 7) is 10.4. The molecule has 0 saturated carbocycles. The van der Waals surface area contributed by atoms with Crippen LogP contribution in [0.25, 0.3) is 22.1 Å². The molecule has 0 radical (unpaired) electrons. The van der Waals surface area contributed by atoms with E-state index < -0.39 is 0 Å². The molecule has 0 aliphatic carbocycles. The number of rotatable bonds is 4. The Labute approximate surface area is 204 Å². The predicted octanol–water partition coefficient (Wildman–Crippen LogP) is 3.17. The van der Waals surface area contributed by atoms with E-state index >= 15 is 0 Å². The number of fused-ring (bicyclic) bond motifs is 2. The molecule has 0 N–H and O–H groups in total. The van der Waals surface area contributed by atoms with Gasteiger partial charge < -0.3 is 9.47 Å². The molecule has 3 atom stereocenters. The molecule has 0 amide bonds. The lowest BCUT2D eigenvalue weighted by Gasteiger charge is -2.47. The second-order valence-electron chi connectivity index (χ2n) is 9.63. The third kappa shape index (κ3) is 4.04. The molecule has 4 aromatic rings. The third-order valence-corrected chi connectivity index (χ3v) is 7.18. The summed E-state index contributed by atoms with van der Waals surface area (Å²) < 4.78 is 3.20. The van der Waals surface area contributed by atoms with Crippen molar-refractivity contribution in [1.82, 2.24) is 29.2 Å². The molecular formula is C26H30N8O. The molecule has 9 heteroatoms. The minimum Gasteiger partial charge on any atom is -0.364 e. The number of hydrogen-bond acceptors (Lipinski definition) is 7. The second kappa shape index (κ2) is 8.78. The quantitative estimate of drug-likeness (QED) is 0.452. The summed E-state index contributed by atoms with van der Waals surface area (Å²) in [6, 6.07) is 10.8. The summed E-state index contributed by atoms with van der Waals surface area (Å²) in [7, 11) is 1.74. The van der Waals surface area contributed by atoms with Gasteiger partial charge in [-0.05, 0) is 45.4 Å². The van der Waals surface area contributed by atoms with E-state index in [9.17, 15) is 4.79 Å². The van der Waals surface area contributed by atoms with E-state index in [4.69, 9.17) is 5.26 Å². The first-order valence-electron chi connectivity index (χ1n) is 12.0. The fourth-order valence-corrected chi connectivity index (χ4v) is 5.21. The molecule has 1 saturated heterocycles. The van der Waals surface area contributed by atoms with Gasteiger partial charge >= 0.3 is 0 Å². The van der Waals surface area contributed by atoms with Crippen LogP contribution in [0.4, 0.5) is 5.69 Å². The van der Waals surface area contributed by atoms with Crippen molar-refractivity contribution < 1.29 is 0 Å². The smallest absolute Gasteiger partial charge is 0.252 e. The van der Waals surface area contributed by atoms with Gasteiger partial charge in [0, 0.05) is 50.5 Å². The molecule has 35 heavy (non-hydrogen) atoms. The van der Waals surface area contributed by atoms with E-state index in [1.54, 1.807) is 34.8 Å². The van der Waals surface area contributed by atoms with E-state index in [0.717, 1.165) is 46.5 Å². The van der Waals surface area contributed by atoms with Crippen LogP contribution >= 0.6 is 0 Å². The number of aryl methyl sites for hydroxylation is 2. The van der Waals surface area contributed by atoms with Crippen molar-refractivity contribution in [2.24, 2.45) is 7.05 Å². The van der Waals surface area contributed by atoms with Gasteiger partial charge in [-0.3, -0.25) is 19.4 Å². The van der Waals surface area contributed by atoms with Gasteiger partial charge in [0.25, 0.3) is 5.56 Å². The van der Waals surface area contributed by atoms with Crippen LogP contribution < -0.4 is 10.5 Å². The Morgan fingerprint density at radius 2 is 1.97 bits per heavy atom. The van der Waals surface area contributed by atoms with Gasteiger partial charge in [0.05, 0.1) is 40.2 Å². The maximum absolute atomic E-state index is 12.8. The number of piperazine rings is 1. The molecule has 5 rings (SSSR count). The van der Waals surface area contributed by atoms with Crippen molar-refractivity contribution in [3.05, 3.63) is 58.3 Å². The highest BCUT2D eigenvalue weighted by atomic mass is 16.1. The molecule has 1 fully saturated rings. The standard InChI is InChI=1S/C26H30N8O/c1-16-12-28-21-7-6-20(10-22(21)29-16)19(4)33-13-18(3)34(14-17(33)2)23-11-25(35)31(5)24-15-32(9-8-27)30-26(23)24/h6-7,10-12,15,17-19H,9,13-14H2,1-5H3/t17-,18-,19?/m1/s1. The lowest BCUT2D eigenvalue weighted by atomic mass is 9.99. The van der Waals surface area contributed by atoms with E-state index in [2.05, 4.69) is 63.8 Å². The summed E-state index contributed by atoms with van der Waals surface area (Å²) in [4.78, 5) is 26.7. The zero-order chi connectivity index (χ0) is 24.9.